The van der Waals surface area contributed by atoms with E-state index in [9.17, 15) is 4.79 Å². The summed E-state index contributed by atoms with van der Waals surface area (Å²) in [6.07, 6.45) is 2.62. The molecule has 1 fully saturated rings. The van der Waals surface area contributed by atoms with Crippen LogP contribution in [0.4, 0.5) is 11.6 Å². The number of aryl methyl sites for hydroxylation is 1. The Morgan fingerprint density at radius 3 is 2.76 bits per heavy atom. The number of nitrogens with one attached hydrogen (secondary N) is 1. The molecule has 1 saturated carbocycles. The number of rotatable bonds is 3. The van der Waals surface area contributed by atoms with Gasteiger partial charge >= 0.3 is 0 Å². The quantitative estimate of drug-likeness (QED) is 0.765. The van der Waals surface area contributed by atoms with Crippen molar-refractivity contribution in [3.63, 3.8) is 0 Å². The van der Waals surface area contributed by atoms with Gasteiger partial charge in [-0.3, -0.25) is 4.79 Å². The molecule has 0 aliphatic heterocycles. The fraction of sp³-hybridized carbons (Fsp3) is 0.250. The van der Waals surface area contributed by atoms with Crippen LogP contribution in [0.1, 0.15) is 18.9 Å². The summed E-state index contributed by atoms with van der Waals surface area (Å²) in [5, 5.41) is 4.61. The Morgan fingerprint density at radius 2 is 2.04 bits per heavy atom. The van der Waals surface area contributed by atoms with Crippen molar-refractivity contribution in [3.05, 3.63) is 48.2 Å². The second-order valence-electron chi connectivity index (χ2n) is 6.81. The molecule has 4 rings (SSSR count). The monoisotopic (exact) mass is 332 g/mol. The lowest BCUT2D eigenvalue weighted by molar-refractivity contribution is -0.117. The molecule has 0 spiro atoms. The molecule has 1 aliphatic rings. The number of benzene rings is 1. The molecule has 0 radical (unpaired) electrons. The standard InChI is InChI=1S/C20H20N4O/c1-11-5-3-4-6-14(11)17-8-13-9-18(22-10-16(13)19(21)23-17)24-20(25)15-7-12(15)2/h3-6,8-10,12,15H,7H2,1-2H3,(H2,21,23)(H,22,24,25)/t12-,15+/m0/s1. The molecule has 5 nitrogen and oxygen atoms in total. The highest BCUT2D eigenvalue weighted by molar-refractivity contribution is 5.98. The Balaban J connectivity index is 1.73. The summed E-state index contributed by atoms with van der Waals surface area (Å²) in [6, 6.07) is 11.9. The summed E-state index contributed by atoms with van der Waals surface area (Å²) in [4.78, 5) is 21.0. The van der Waals surface area contributed by atoms with Gasteiger partial charge in [-0.05, 0) is 42.3 Å². The lowest BCUT2D eigenvalue weighted by Gasteiger charge is -2.10. The lowest BCUT2D eigenvalue weighted by atomic mass is 10.0. The maximum atomic E-state index is 12.1. The van der Waals surface area contributed by atoms with Crippen molar-refractivity contribution >= 4 is 28.3 Å². The average Bonchev–Trinajstić information content (AvgIpc) is 3.32. The molecule has 1 aromatic carbocycles. The highest BCUT2D eigenvalue weighted by Crippen LogP contribution is 2.38. The van der Waals surface area contributed by atoms with Gasteiger partial charge in [-0.25, -0.2) is 9.97 Å². The third kappa shape index (κ3) is 2.93. The van der Waals surface area contributed by atoms with Gasteiger partial charge in [-0.15, -0.1) is 0 Å². The molecule has 0 bridgehead atoms. The largest absolute Gasteiger partial charge is 0.383 e. The van der Waals surface area contributed by atoms with Crippen molar-refractivity contribution < 1.29 is 4.79 Å². The summed E-state index contributed by atoms with van der Waals surface area (Å²) in [6.45, 7) is 4.13. The number of carbonyl (C=O) groups is 1. The Hall–Kier alpha value is -2.95. The van der Waals surface area contributed by atoms with Crippen molar-refractivity contribution in [3.8, 4) is 11.3 Å². The molecule has 2 heterocycles. The number of carbonyl (C=O) groups excluding carboxylic acids is 1. The van der Waals surface area contributed by atoms with Crippen LogP contribution in [0, 0.1) is 18.8 Å². The molecule has 2 atom stereocenters. The molecule has 25 heavy (non-hydrogen) atoms. The number of hydrogen-bond acceptors (Lipinski definition) is 4. The van der Waals surface area contributed by atoms with E-state index in [0.29, 0.717) is 17.6 Å². The molecule has 2 aromatic heterocycles. The molecule has 3 N–H and O–H groups in total. The molecule has 126 valence electrons. The van der Waals surface area contributed by atoms with Gasteiger partial charge in [-0.2, -0.15) is 0 Å². The zero-order chi connectivity index (χ0) is 17.6. The van der Waals surface area contributed by atoms with Gasteiger partial charge in [0.1, 0.15) is 11.6 Å². The van der Waals surface area contributed by atoms with Crippen molar-refractivity contribution in [1.29, 1.82) is 0 Å². The highest BCUT2D eigenvalue weighted by Gasteiger charge is 2.39. The van der Waals surface area contributed by atoms with E-state index < -0.39 is 0 Å². The number of nitrogens with zero attached hydrogens (tertiary/aromatic N) is 2. The zero-order valence-electron chi connectivity index (χ0n) is 14.3. The van der Waals surface area contributed by atoms with E-state index in [1.165, 1.54) is 0 Å². The van der Waals surface area contributed by atoms with Crippen LogP contribution in [-0.2, 0) is 4.79 Å². The van der Waals surface area contributed by atoms with Gasteiger partial charge in [0.2, 0.25) is 5.91 Å². The molecular weight excluding hydrogens is 312 g/mol. The second-order valence-corrected chi connectivity index (χ2v) is 6.81. The number of aromatic nitrogens is 2. The first-order chi connectivity index (χ1) is 12.0. The van der Waals surface area contributed by atoms with Crippen LogP contribution in [0.5, 0.6) is 0 Å². The van der Waals surface area contributed by atoms with Gasteiger partial charge in [0.15, 0.2) is 0 Å². The topological polar surface area (TPSA) is 80.9 Å². The SMILES string of the molecule is Cc1ccccc1-c1cc2cc(NC(=O)[C@@H]3C[C@@H]3C)ncc2c(N)n1. The van der Waals surface area contributed by atoms with E-state index in [4.69, 9.17) is 5.73 Å². The van der Waals surface area contributed by atoms with E-state index in [2.05, 4.69) is 22.2 Å². The highest BCUT2D eigenvalue weighted by atomic mass is 16.2. The van der Waals surface area contributed by atoms with Crippen molar-refractivity contribution in [2.24, 2.45) is 11.8 Å². The van der Waals surface area contributed by atoms with Gasteiger partial charge in [0, 0.05) is 23.1 Å². The number of nitrogens with two attached hydrogens (primary N) is 1. The first kappa shape index (κ1) is 15.6. The normalized spacial score (nSPS) is 19.0. The van der Waals surface area contributed by atoms with E-state index in [1.54, 1.807) is 6.20 Å². The number of hydrogen-bond donors (Lipinski definition) is 2. The number of fused-ring (bicyclic) bond motifs is 1. The van der Waals surface area contributed by atoms with E-state index in [0.717, 1.165) is 34.0 Å². The maximum Gasteiger partial charge on any atom is 0.228 e. The molecule has 1 amide bonds. The first-order valence-corrected chi connectivity index (χ1v) is 8.46. The fourth-order valence-electron chi connectivity index (χ4n) is 3.15. The maximum absolute atomic E-state index is 12.1. The minimum absolute atomic E-state index is 0.0421. The van der Waals surface area contributed by atoms with Crippen molar-refractivity contribution in [1.82, 2.24) is 9.97 Å². The number of amides is 1. The summed E-state index contributed by atoms with van der Waals surface area (Å²) >= 11 is 0. The van der Waals surface area contributed by atoms with Crippen LogP contribution in [0.3, 0.4) is 0 Å². The predicted octanol–water partition coefficient (Wildman–Crippen LogP) is 3.78. The van der Waals surface area contributed by atoms with Crippen LogP contribution in [0.15, 0.2) is 42.6 Å². The lowest BCUT2D eigenvalue weighted by Crippen LogP contribution is -2.15. The van der Waals surface area contributed by atoms with Crippen molar-refractivity contribution in [2.45, 2.75) is 20.3 Å². The summed E-state index contributed by atoms with van der Waals surface area (Å²) in [7, 11) is 0. The number of anilines is 2. The van der Waals surface area contributed by atoms with Crippen LogP contribution in [0.25, 0.3) is 22.0 Å². The van der Waals surface area contributed by atoms with Gasteiger partial charge in [0.25, 0.3) is 0 Å². The summed E-state index contributed by atoms with van der Waals surface area (Å²) in [5.74, 6) is 1.62. The van der Waals surface area contributed by atoms with E-state index in [1.807, 2.05) is 43.3 Å². The Bertz CT molecular complexity index is 983. The van der Waals surface area contributed by atoms with Crippen molar-refractivity contribution in [2.75, 3.05) is 11.1 Å². The minimum atomic E-state index is 0.0421. The molecule has 1 aliphatic carbocycles. The van der Waals surface area contributed by atoms with Gasteiger partial charge < -0.3 is 11.1 Å². The predicted molar refractivity (Wildman–Crippen MR) is 100 cm³/mol. The molecule has 5 heteroatoms. The Kier molecular flexibility index (Phi) is 3.64. The minimum Gasteiger partial charge on any atom is -0.383 e. The zero-order valence-corrected chi connectivity index (χ0v) is 14.3. The third-order valence-electron chi connectivity index (χ3n) is 4.86. The van der Waals surface area contributed by atoms with Gasteiger partial charge in [0.05, 0.1) is 5.69 Å². The molecule has 0 unspecified atom stereocenters. The number of pyridine rings is 2. The first-order valence-electron chi connectivity index (χ1n) is 8.46. The van der Waals surface area contributed by atoms with Gasteiger partial charge in [-0.1, -0.05) is 31.2 Å². The Morgan fingerprint density at radius 1 is 1.28 bits per heavy atom. The third-order valence-corrected chi connectivity index (χ3v) is 4.86. The van der Waals surface area contributed by atoms with E-state index >= 15 is 0 Å². The van der Waals surface area contributed by atoms with Crippen LogP contribution in [0.2, 0.25) is 0 Å². The van der Waals surface area contributed by atoms with Crippen LogP contribution >= 0.6 is 0 Å². The average molecular weight is 332 g/mol. The molecule has 3 aromatic rings. The summed E-state index contributed by atoms with van der Waals surface area (Å²) < 4.78 is 0. The van der Waals surface area contributed by atoms with Crippen LogP contribution < -0.4 is 11.1 Å². The molecular formula is C20H20N4O. The number of nitrogen functional groups attached to an aromatic ring is 1. The fourth-order valence-corrected chi connectivity index (χ4v) is 3.15. The van der Waals surface area contributed by atoms with Crippen LogP contribution in [-0.4, -0.2) is 15.9 Å². The van der Waals surface area contributed by atoms with E-state index in [-0.39, 0.29) is 11.8 Å². The smallest absolute Gasteiger partial charge is 0.228 e. The second kappa shape index (κ2) is 5.84. The molecule has 0 saturated heterocycles. The Labute approximate surface area is 146 Å². The summed E-state index contributed by atoms with van der Waals surface area (Å²) in [5.41, 5.74) is 9.14.